The van der Waals surface area contributed by atoms with Crippen molar-refractivity contribution >= 4 is 45.2 Å². The topological polar surface area (TPSA) is 152 Å². The number of aliphatic hydroxyl groups is 1. The quantitative estimate of drug-likeness (QED) is 0.124. The molecule has 3 aromatic heterocycles. The van der Waals surface area contributed by atoms with Gasteiger partial charge < -0.3 is 24.8 Å². The Morgan fingerprint density at radius 3 is 2.51 bits per heavy atom. The predicted molar refractivity (Wildman–Crippen MR) is 214 cm³/mol. The highest BCUT2D eigenvalue weighted by molar-refractivity contribution is 5.91. The maximum Gasteiger partial charge on any atom is 0.303 e. The van der Waals surface area contributed by atoms with Crippen LogP contribution in [0.25, 0.3) is 44.6 Å². The molecule has 1 atom stereocenters. The summed E-state index contributed by atoms with van der Waals surface area (Å²) in [4.78, 5) is 30.1. The number of carboxylic acids is 1. The molecule has 0 bridgehead atoms. The van der Waals surface area contributed by atoms with E-state index in [1.165, 1.54) is 0 Å². The van der Waals surface area contributed by atoms with Crippen LogP contribution in [-0.4, -0.2) is 68.3 Å². The maximum atomic E-state index is 11.2. The second-order valence-electron chi connectivity index (χ2n) is 15.2. The number of aromatic nitrogens is 3. The Morgan fingerprint density at radius 2 is 1.76 bits per heavy atom. The second-order valence-corrected chi connectivity index (χ2v) is 15.2. The minimum Gasteiger partial charge on any atom is -0.481 e. The molecule has 1 unspecified atom stereocenters. The zero-order valence-corrected chi connectivity index (χ0v) is 31.4. The maximum absolute atomic E-state index is 11.2. The number of carboxylic acid groups (broad SMARTS) is 1. The first-order valence-electron chi connectivity index (χ1n) is 19.1. The standard InChI is InChI=1S/C44H45N7O4/c1-26-35(36-7-5-9-38(27(36)2)48-43-41-30(14-16-46-43)18-29(23-47-41)24-51-17-15-34(52)25-51)6-4-8-37(26)44-49-39-21-33(20-31(22-45)42(39)55-44)50(3)32-12-10-28(11-13-32)19-40(53)54/h4-9,14,16,18,20-21,23,28,32,34,52H,10-13,15,17,19,24-25H2,1-3H3,(H,46,48)(H,53,54). The van der Waals surface area contributed by atoms with E-state index in [2.05, 4.69) is 58.2 Å². The SMILES string of the molecule is Cc1c(Nc2nccc3cc(CN4CCC(O)C4)cnc23)cccc1-c1cccc(-c2nc3cc(N(C)C4CCC(CC(=O)O)CC4)cc(C#N)c3o2)c1C. The van der Waals surface area contributed by atoms with Crippen molar-refractivity contribution in [3.63, 3.8) is 0 Å². The van der Waals surface area contributed by atoms with Crippen molar-refractivity contribution < 1.29 is 19.4 Å². The van der Waals surface area contributed by atoms with E-state index in [9.17, 15) is 20.3 Å². The van der Waals surface area contributed by atoms with Crippen molar-refractivity contribution in [2.45, 2.75) is 71.1 Å². The molecule has 0 spiro atoms. The van der Waals surface area contributed by atoms with Crippen LogP contribution in [0.3, 0.4) is 0 Å². The number of benzene rings is 3. The van der Waals surface area contributed by atoms with Crippen LogP contribution in [0.4, 0.5) is 17.2 Å². The number of likely N-dealkylation sites (tertiary alicyclic amines) is 1. The summed E-state index contributed by atoms with van der Waals surface area (Å²) in [5.74, 6) is 0.622. The summed E-state index contributed by atoms with van der Waals surface area (Å²) >= 11 is 0. The summed E-state index contributed by atoms with van der Waals surface area (Å²) in [6.45, 7) is 6.50. The van der Waals surface area contributed by atoms with Crippen molar-refractivity contribution in [1.82, 2.24) is 19.9 Å². The van der Waals surface area contributed by atoms with Crippen LogP contribution in [0.1, 0.15) is 60.8 Å². The predicted octanol–water partition coefficient (Wildman–Crippen LogP) is 8.37. The van der Waals surface area contributed by atoms with Gasteiger partial charge in [-0.1, -0.05) is 24.3 Å². The zero-order valence-electron chi connectivity index (χ0n) is 31.4. The van der Waals surface area contributed by atoms with Gasteiger partial charge in [0, 0.05) is 73.9 Å². The molecular weight excluding hydrogens is 691 g/mol. The number of nitriles is 1. The monoisotopic (exact) mass is 735 g/mol. The van der Waals surface area contributed by atoms with Crippen LogP contribution in [0.5, 0.6) is 0 Å². The van der Waals surface area contributed by atoms with E-state index in [-0.39, 0.29) is 24.5 Å². The highest BCUT2D eigenvalue weighted by atomic mass is 16.4. The fraction of sp³-hybridized carbons (Fsp3) is 0.341. The largest absolute Gasteiger partial charge is 0.481 e. The molecule has 0 amide bonds. The van der Waals surface area contributed by atoms with E-state index in [1.54, 1.807) is 6.20 Å². The Bertz CT molecular complexity index is 2450. The lowest BCUT2D eigenvalue weighted by Gasteiger charge is -2.35. The summed E-state index contributed by atoms with van der Waals surface area (Å²) in [5.41, 5.74) is 10.3. The van der Waals surface area contributed by atoms with Crippen LogP contribution in [-0.2, 0) is 11.3 Å². The fourth-order valence-corrected chi connectivity index (χ4v) is 8.46. The van der Waals surface area contributed by atoms with E-state index in [1.807, 2.05) is 55.7 Å². The third kappa shape index (κ3) is 7.35. The lowest BCUT2D eigenvalue weighted by atomic mass is 9.83. The van der Waals surface area contributed by atoms with Gasteiger partial charge >= 0.3 is 5.97 Å². The number of hydrogen-bond donors (Lipinski definition) is 3. The molecule has 1 saturated heterocycles. The smallest absolute Gasteiger partial charge is 0.303 e. The third-order valence-corrected chi connectivity index (χ3v) is 11.6. The number of hydrogen-bond acceptors (Lipinski definition) is 10. The molecule has 2 aliphatic rings. The van der Waals surface area contributed by atoms with Crippen LogP contribution in [0.2, 0.25) is 0 Å². The highest BCUT2D eigenvalue weighted by Gasteiger charge is 2.27. The zero-order chi connectivity index (χ0) is 38.2. The van der Waals surface area contributed by atoms with E-state index in [0.717, 1.165) is 101 Å². The summed E-state index contributed by atoms with van der Waals surface area (Å²) in [6.07, 6.45) is 8.04. The van der Waals surface area contributed by atoms with Gasteiger partial charge in [0.15, 0.2) is 11.4 Å². The summed E-state index contributed by atoms with van der Waals surface area (Å²) in [6, 6.07) is 22.9. The molecule has 6 aromatic rings. The van der Waals surface area contributed by atoms with Gasteiger partial charge in [0.05, 0.1) is 11.7 Å². The average molecular weight is 736 g/mol. The molecule has 11 heteroatoms. The molecule has 1 saturated carbocycles. The van der Waals surface area contributed by atoms with Gasteiger partial charge in [0.2, 0.25) is 5.89 Å². The van der Waals surface area contributed by atoms with Crippen molar-refractivity contribution in [3.8, 4) is 28.7 Å². The Labute approximate surface area is 320 Å². The normalized spacial score (nSPS) is 18.8. The molecule has 2 fully saturated rings. The van der Waals surface area contributed by atoms with Crippen molar-refractivity contribution in [3.05, 3.63) is 95.3 Å². The highest BCUT2D eigenvalue weighted by Crippen LogP contribution is 2.39. The van der Waals surface area contributed by atoms with Gasteiger partial charge in [-0.15, -0.1) is 0 Å². The molecule has 1 aliphatic carbocycles. The number of aliphatic hydroxyl groups excluding tert-OH is 1. The molecule has 3 N–H and O–H groups in total. The molecule has 4 heterocycles. The summed E-state index contributed by atoms with van der Waals surface area (Å²) < 4.78 is 6.35. The van der Waals surface area contributed by atoms with Gasteiger partial charge in [-0.05, 0) is 116 Å². The number of pyridine rings is 2. The lowest BCUT2D eigenvalue weighted by Crippen LogP contribution is -2.35. The number of carbonyl (C=O) groups is 1. The van der Waals surface area contributed by atoms with Crippen LogP contribution >= 0.6 is 0 Å². The van der Waals surface area contributed by atoms with Gasteiger partial charge in [-0.25, -0.2) is 9.97 Å². The third-order valence-electron chi connectivity index (χ3n) is 11.6. The number of anilines is 3. The molecule has 11 nitrogen and oxygen atoms in total. The van der Waals surface area contributed by atoms with Gasteiger partial charge in [0.25, 0.3) is 0 Å². The van der Waals surface area contributed by atoms with E-state index in [0.29, 0.717) is 34.9 Å². The number of nitrogens with zero attached hydrogens (tertiary/aromatic N) is 6. The Kier molecular flexibility index (Phi) is 9.95. The Morgan fingerprint density at radius 1 is 1.00 bits per heavy atom. The van der Waals surface area contributed by atoms with Gasteiger partial charge in [-0.3, -0.25) is 14.7 Å². The molecule has 0 radical (unpaired) electrons. The molecule has 55 heavy (non-hydrogen) atoms. The first kappa shape index (κ1) is 36.2. The minimum absolute atomic E-state index is 0.217. The number of β-amino-alcohol motifs (C(OH)–C–C–N with tert-alkyl or cyclic N) is 1. The van der Waals surface area contributed by atoms with Crippen molar-refractivity contribution in [2.24, 2.45) is 5.92 Å². The summed E-state index contributed by atoms with van der Waals surface area (Å²) in [7, 11) is 2.04. The minimum atomic E-state index is -0.734. The van der Waals surface area contributed by atoms with Gasteiger partial charge in [-0.2, -0.15) is 5.26 Å². The number of nitrogens with one attached hydrogen (secondary N) is 1. The van der Waals surface area contributed by atoms with Gasteiger partial charge in [0.1, 0.15) is 17.1 Å². The van der Waals surface area contributed by atoms with Crippen molar-refractivity contribution in [1.29, 1.82) is 5.26 Å². The summed E-state index contributed by atoms with van der Waals surface area (Å²) in [5, 5.41) is 33.9. The van der Waals surface area contributed by atoms with E-state index < -0.39 is 5.97 Å². The second kappa shape index (κ2) is 15.1. The molecule has 8 rings (SSSR count). The molecule has 1 aliphatic heterocycles. The molecular formula is C44H45N7O4. The van der Waals surface area contributed by atoms with E-state index in [4.69, 9.17) is 14.4 Å². The van der Waals surface area contributed by atoms with Crippen LogP contribution in [0.15, 0.2) is 77.5 Å². The number of rotatable bonds is 10. The fourth-order valence-electron chi connectivity index (χ4n) is 8.46. The first-order valence-corrected chi connectivity index (χ1v) is 19.1. The number of aliphatic carboxylic acids is 1. The average Bonchev–Trinajstić information content (AvgIpc) is 3.80. The Balaban J connectivity index is 1.05. The Hall–Kier alpha value is -5.83. The molecule has 3 aromatic carbocycles. The number of fused-ring (bicyclic) bond motifs is 2. The van der Waals surface area contributed by atoms with E-state index >= 15 is 0 Å². The first-order chi connectivity index (χ1) is 26.6. The number of oxazole rings is 1. The molecule has 280 valence electrons. The van der Waals surface area contributed by atoms with Crippen molar-refractivity contribution in [2.75, 3.05) is 30.4 Å². The van der Waals surface area contributed by atoms with Crippen LogP contribution in [0, 0.1) is 31.1 Å². The van der Waals surface area contributed by atoms with Crippen LogP contribution < -0.4 is 10.2 Å². The lowest BCUT2D eigenvalue weighted by molar-refractivity contribution is -0.138.